The zero-order valence-corrected chi connectivity index (χ0v) is 9.09. The van der Waals surface area contributed by atoms with Crippen LogP contribution in [0.25, 0.3) is 0 Å². The van der Waals surface area contributed by atoms with Gasteiger partial charge in [-0.05, 0) is 12.2 Å². The molecule has 1 aromatic heterocycles. The van der Waals surface area contributed by atoms with Crippen LogP contribution in [0.15, 0.2) is 11.1 Å². The molecule has 0 radical (unpaired) electrons. The molecule has 5 heteroatoms. The van der Waals surface area contributed by atoms with Crippen molar-refractivity contribution in [3.63, 3.8) is 0 Å². The monoisotopic (exact) mass is 213 g/mol. The van der Waals surface area contributed by atoms with E-state index in [2.05, 4.69) is 12.0 Å². The molecule has 78 valence electrons. The fraction of sp³-hybridized carbons (Fsp3) is 0.667. The van der Waals surface area contributed by atoms with Crippen molar-refractivity contribution in [3.8, 4) is 0 Å². The maximum Gasteiger partial charge on any atom is 0.123 e. The van der Waals surface area contributed by atoms with Crippen LogP contribution in [0.1, 0.15) is 19.4 Å². The summed E-state index contributed by atoms with van der Waals surface area (Å²) >= 11 is 1.72. The fourth-order valence-electron chi connectivity index (χ4n) is 1.61. The fourth-order valence-corrected chi connectivity index (χ4v) is 2.26. The molecular formula is C9H15N3OS. The highest BCUT2D eigenvalue weighted by Crippen LogP contribution is 2.25. The summed E-state index contributed by atoms with van der Waals surface area (Å²) < 4.78 is 7.21. The predicted octanol–water partition coefficient (Wildman–Crippen LogP) is 1.54. The van der Waals surface area contributed by atoms with Crippen molar-refractivity contribution in [1.82, 2.24) is 9.78 Å². The van der Waals surface area contributed by atoms with E-state index in [1.807, 2.05) is 10.7 Å². The molecule has 2 rings (SSSR count). The highest BCUT2D eigenvalue weighted by atomic mass is 32.2. The minimum Gasteiger partial charge on any atom is -0.384 e. The highest BCUT2D eigenvalue weighted by Gasteiger charge is 2.20. The van der Waals surface area contributed by atoms with Gasteiger partial charge in [-0.3, -0.25) is 0 Å². The quantitative estimate of drug-likeness (QED) is 0.774. The molecule has 1 atom stereocenters. The van der Waals surface area contributed by atoms with Crippen LogP contribution in [0, 0.1) is 0 Å². The third-order valence-electron chi connectivity index (χ3n) is 2.29. The van der Waals surface area contributed by atoms with Crippen molar-refractivity contribution in [1.29, 1.82) is 0 Å². The Morgan fingerprint density at radius 1 is 1.79 bits per heavy atom. The SMILES string of the molecule is CCSc1cc(N)n(C2CCOC2)n1. The molecule has 14 heavy (non-hydrogen) atoms. The first-order valence-electron chi connectivity index (χ1n) is 4.87. The predicted molar refractivity (Wildman–Crippen MR) is 57.5 cm³/mol. The standard InChI is InChI=1S/C9H15N3OS/c1-2-14-9-5-8(10)12(11-9)7-3-4-13-6-7/h5,7H,2-4,6,10H2,1H3. The topological polar surface area (TPSA) is 53.1 Å². The molecule has 1 aliphatic rings. The first-order chi connectivity index (χ1) is 6.81. The molecule has 0 aliphatic carbocycles. The van der Waals surface area contributed by atoms with Gasteiger partial charge >= 0.3 is 0 Å². The summed E-state index contributed by atoms with van der Waals surface area (Å²) in [4.78, 5) is 0. The van der Waals surface area contributed by atoms with Crippen molar-refractivity contribution in [2.45, 2.75) is 24.4 Å². The Bertz CT molecular complexity index is 307. The third kappa shape index (κ3) is 1.88. The van der Waals surface area contributed by atoms with Gasteiger partial charge < -0.3 is 10.5 Å². The van der Waals surface area contributed by atoms with E-state index < -0.39 is 0 Å². The van der Waals surface area contributed by atoms with E-state index in [9.17, 15) is 0 Å². The lowest BCUT2D eigenvalue weighted by Crippen LogP contribution is -2.12. The lowest BCUT2D eigenvalue weighted by atomic mass is 10.3. The van der Waals surface area contributed by atoms with Crippen LogP contribution in [0.5, 0.6) is 0 Å². The molecular weight excluding hydrogens is 198 g/mol. The Hall–Kier alpha value is -0.680. The number of anilines is 1. The van der Waals surface area contributed by atoms with Crippen molar-refractivity contribution in [2.75, 3.05) is 24.7 Å². The third-order valence-corrected chi connectivity index (χ3v) is 3.07. The molecule has 1 saturated heterocycles. The van der Waals surface area contributed by atoms with Gasteiger partial charge in [0, 0.05) is 12.7 Å². The molecule has 1 aliphatic heterocycles. The summed E-state index contributed by atoms with van der Waals surface area (Å²) in [5.41, 5.74) is 5.88. The summed E-state index contributed by atoms with van der Waals surface area (Å²) in [7, 11) is 0. The van der Waals surface area contributed by atoms with Crippen molar-refractivity contribution >= 4 is 17.6 Å². The molecule has 0 saturated carbocycles. The van der Waals surface area contributed by atoms with E-state index >= 15 is 0 Å². The molecule has 0 bridgehead atoms. The Morgan fingerprint density at radius 2 is 2.64 bits per heavy atom. The second kappa shape index (κ2) is 4.23. The van der Waals surface area contributed by atoms with Gasteiger partial charge in [-0.2, -0.15) is 5.10 Å². The summed E-state index contributed by atoms with van der Waals surface area (Å²) in [5, 5.41) is 5.47. The van der Waals surface area contributed by atoms with Gasteiger partial charge in [0.05, 0.1) is 12.6 Å². The Morgan fingerprint density at radius 3 is 3.29 bits per heavy atom. The zero-order valence-electron chi connectivity index (χ0n) is 8.27. The number of nitrogens with two attached hydrogens (primary N) is 1. The molecule has 2 N–H and O–H groups in total. The second-order valence-corrected chi connectivity index (χ2v) is 4.59. The van der Waals surface area contributed by atoms with Crippen LogP contribution in [-0.2, 0) is 4.74 Å². The van der Waals surface area contributed by atoms with E-state index in [1.165, 1.54) is 0 Å². The smallest absolute Gasteiger partial charge is 0.123 e. The lowest BCUT2D eigenvalue weighted by Gasteiger charge is -2.09. The van der Waals surface area contributed by atoms with Gasteiger partial charge in [0.15, 0.2) is 0 Å². The van der Waals surface area contributed by atoms with Crippen LogP contribution >= 0.6 is 11.8 Å². The largest absolute Gasteiger partial charge is 0.384 e. The summed E-state index contributed by atoms with van der Waals surface area (Å²) in [5.74, 6) is 1.77. The van der Waals surface area contributed by atoms with E-state index in [-0.39, 0.29) is 0 Å². The molecule has 1 unspecified atom stereocenters. The number of ether oxygens (including phenoxy) is 1. The molecule has 0 amide bonds. The number of hydrogen-bond acceptors (Lipinski definition) is 4. The number of rotatable bonds is 3. The van der Waals surface area contributed by atoms with Gasteiger partial charge in [0.2, 0.25) is 0 Å². The summed E-state index contributed by atoms with van der Waals surface area (Å²) in [6.45, 7) is 3.67. The van der Waals surface area contributed by atoms with Crippen LogP contribution in [0.2, 0.25) is 0 Å². The minimum absolute atomic E-state index is 0.334. The Labute approximate surface area is 87.8 Å². The van der Waals surface area contributed by atoms with Crippen LogP contribution in [-0.4, -0.2) is 28.7 Å². The van der Waals surface area contributed by atoms with E-state index in [0.717, 1.165) is 36.2 Å². The number of hydrogen-bond donors (Lipinski definition) is 1. The van der Waals surface area contributed by atoms with Gasteiger partial charge in [-0.1, -0.05) is 6.92 Å². The van der Waals surface area contributed by atoms with Crippen molar-refractivity contribution in [3.05, 3.63) is 6.07 Å². The lowest BCUT2D eigenvalue weighted by molar-refractivity contribution is 0.184. The van der Waals surface area contributed by atoms with E-state index in [0.29, 0.717) is 6.04 Å². The van der Waals surface area contributed by atoms with Crippen LogP contribution in [0.3, 0.4) is 0 Å². The van der Waals surface area contributed by atoms with Crippen molar-refractivity contribution < 1.29 is 4.74 Å². The summed E-state index contributed by atoms with van der Waals surface area (Å²) in [6.07, 6.45) is 1.02. The molecule has 0 spiro atoms. The maximum absolute atomic E-state index is 5.88. The molecule has 2 heterocycles. The van der Waals surface area contributed by atoms with E-state index in [1.54, 1.807) is 11.8 Å². The number of thioether (sulfide) groups is 1. The van der Waals surface area contributed by atoms with Gasteiger partial charge in [0.1, 0.15) is 10.8 Å². The van der Waals surface area contributed by atoms with E-state index in [4.69, 9.17) is 10.5 Å². The number of nitrogen functional groups attached to an aromatic ring is 1. The van der Waals surface area contributed by atoms with Crippen LogP contribution < -0.4 is 5.73 Å². The molecule has 1 fully saturated rings. The Balaban J connectivity index is 2.15. The zero-order chi connectivity index (χ0) is 9.97. The average molecular weight is 213 g/mol. The summed E-state index contributed by atoms with van der Waals surface area (Å²) in [6, 6.07) is 2.27. The normalized spacial score (nSPS) is 21.6. The van der Waals surface area contributed by atoms with Crippen molar-refractivity contribution in [2.24, 2.45) is 0 Å². The molecule has 4 nitrogen and oxygen atoms in total. The Kier molecular flexibility index (Phi) is 2.98. The average Bonchev–Trinajstić information content (AvgIpc) is 2.74. The molecule has 1 aromatic rings. The molecule has 0 aromatic carbocycles. The maximum atomic E-state index is 5.88. The van der Waals surface area contributed by atoms with Gasteiger partial charge in [-0.25, -0.2) is 4.68 Å². The number of aromatic nitrogens is 2. The first-order valence-corrected chi connectivity index (χ1v) is 5.85. The minimum atomic E-state index is 0.334. The second-order valence-electron chi connectivity index (χ2n) is 3.30. The highest BCUT2D eigenvalue weighted by molar-refractivity contribution is 7.99. The van der Waals surface area contributed by atoms with Gasteiger partial charge in [-0.15, -0.1) is 11.8 Å². The van der Waals surface area contributed by atoms with Crippen LogP contribution in [0.4, 0.5) is 5.82 Å². The first kappa shape index (κ1) is 9.86. The number of nitrogens with zero attached hydrogens (tertiary/aromatic N) is 2. The van der Waals surface area contributed by atoms with Gasteiger partial charge in [0.25, 0.3) is 0 Å².